The fourth-order valence-electron chi connectivity index (χ4n) is 3.53. The van der Waals surface area contributed by atoms with Gasteiger partial charge in [0, 0.05) is 10.3 Å². The average molecular weight is 412 g/mol. The first-order valence-corrected chi connectivity index (χ1v) is 11.1. The molecule has 0 bridgehead atoms. The first kappa shape index (κ1) is 19.1. The lowest BCUT2D eigenvalue weighted by atomic mass is 10.0. The van der Waals surface area contributed by atoms with Crippen molar-refractivity contribution in [2.24, 2.45) is 0 Å². The van der Waals surface area contributed by atoms with E-state index in [0.717, 1.165) is 33.6 Å². The summed E-state index contributed by atoms with van der Waals surface area (Å²) in [7, 11) is 0. The third kappa shape index (κ3) is 4.10. The van der Waals surface area contributed by atoms with Gasteiger partial charge in [0.05, 0.1) is 11.8 Å². The summed E-state index contributed by atoms with van der Waals surface area (Å²) in [6.07, 6.45) is 5.42. The number of hydrogen-bond donors (Lipinski definition) is 1. The number of ketones is 1. The van der Waals surface area contributed by atoms with Gasteiger partial charge in [-0.2, -0.15) is 0 Å². The second-order valence-corrected chi connectivity index (χ2v) is 8.97. The number of rotatable bonds is 7. The van der Waals surface area contributed by atoms with Crippen molar-refractivity contribution < 1.29 is 9.59 Å². The monoisotopic (exact) mass is 411 g/mol. The number of thioether (sulfide) groups is 1. The van der Waals surface area contributed by atoms with Crippen LogP contribution < -0.4 is 5.32 Å². The Morgan fingerprint density at radius 1 is 1.21 bits per heavy atom. The summed E-state index contributed by atoms with van der Waals surface area (Å²) in [5.41, 5.74) is 2.39. The van der Waals surface area contributed by atoms with Crippen LogP contribution in [0.25, 0.3) is 10.2 Å². The van der Waals surface area contributed by atoms with Crippen LogP contribution in [0.4, 0.5) is 0 Å². The molecule has 0 fully saturated rings. The second-order valence-electron chi connectivity index (χ2n) is 6.93. The maximum Gasteiger partial charge on any atom is 0.231 e. The van der Waals surface area contributed by atoms with Crippen molar-refractivity contribution >= 4 is 45.0 Å². The van der Waals surface area contributed by atoms with E-state index in [4.69, 9.17) is 0 Å². The largest absolute Gasteiger partial charge is 0.345 e. The van der Waals surface area contributed by atoms with E-state index < -0.39 is 6.04 Å². The number of amides is 1. The van der Waals surface area contributed by atoms with Crippen LogP contribution in [0.15, 0.2) is 41.7 Å². The molecule has 5 nitrogen and oxygen atoms in total. The second kappa shape index (κ2) is 8.41. The Morgan fingerprint density at radius 3 is 2.82 bits per heavy atom. The first-order valence-electron chi connectivity index (χ1n) is 9.33. The number of benzene rings is 1. The number of nitrogens with one attached hydrogen (secondary N) is 1. The lowest BCUT2D eigenvalue weighted by Gasteiger charge is -2.16. The molecule has 0 saturated carbocycles. The number of nitrogens with zero attached hydrogens (tertiary/aromatic N) is 2. The first-order chi connectivity index (χ1) is 13.6. The molecule has 0 unspecified atom stereocenters. The van der Waals surface area contributed by atoms with Crippen molar-refractivity contribution in [2.45, 2.75) is 43.7 Å². The van der Waals surface area contributed by atoms with Crippen LogP contribution in [0.2, 0.25) is 0 Å². The molecule has 1 atom stereocenters. The van der Waals surface area contributed by atoms with Gasteiger partial charge in [-0.1, -0.05) is 42.1 Å². The van der Waals surface area contributed by atoms with Gasteiger partial charge in [-0.3, -0.25) is 9.59 Å². The molecule has 0 radical (unpaired) electrons. The van der Waals surface area contributed by atoms with Crippen LogP contribution in [-0.4, -0.2) is 33.5 Å². The third-order valence-corrected chi connectivity index (χ3v) is 7.10. The molecule has 2 heterocycles. The Hall–Kier alpha value is -2.25. The number of aryl methyl sites for hydroxylation is 2. The minimum Gasteiger partial charge on any atom is -0.345 e. The fraction of sp³-hybridized carbons (Fsp3) is 0.333. The predicted octanol–water partition coefficient (Wildman–Crippen LogP) is 3.59. The summed E-state index contributed by atoms with van der Waals surface area (Å²) >= 11 is 3.16. The molecule has 1 N–H and O–H groups in total. The molecule has 0 aliphatic heterocycles. The van der Waals surface area contributed by atoms with E-state index in [-0.39, 0.29) is 17.4 Å². The summed E-state index contributed by atoms with van der Waals surface area (Å²) in [6, 6.07) is 9.22. The molecule has 1 aliphatic rings. The Morgan fingerprint density at radius 2 is 2.04 bits per heavy atom. The van der Waals surface area contributed by atoms with E-state index in [9.17, 15) is 9.59 Å². The third-order valence-electron chi connectivity index (χ3n) is 4.92. The van der Waals surface area contributed by atoms with E-state index >= 15 is 0 Å². The zero-order valence-corrected chi connectivity index (χ0v) is 17.2. The topological polar surface area (TPSA) is 72.0 Å². The minimum atomic E-state index is -0.508. The quantitative estimate of drug-likeness (QED) is 0.475. The maximum atomic E-state index is 12.5. The van der Waals surface area contributed by atoms with E-state index in [1.165, 1.54) is 35.5 Å². The summed E-state index contributed by atoms with van der Waals surface area (Å²) in [5.74, 6) is 0.0389. The van der Waals surface area contributed by atoms with Crippen molar-refractivity contribution in [1.29, 1.82) is 0 Å². The highest BCUT2D eigenvalue weighted by Crippen LogP contribution is 2.39. The van der Waals surface area contributed by atoms with Crippen LogP contribution in [0.1, 0.15) is 29.3 Å². The van der Waals surface area contributed by atoms with Crippen LogP contribution in [-0.2, 0) is 28.9 Å². The maximum absolute atomic E-state index is 12.5. The predicted molar refractivity (Wildman–Crippen MR) is 113 cm³/mol. The molecule has 0 saturated heterocycles. The smallest absolute Gasteiger partial charge is 0.231 e. The highest BCUT2D eigenvalue weighted by atomic mass is 32.2. The molecule has 1 amide bonds. The number of carbonyl (C=O) groups excluding carboxylic acids is 2. The van der Waals surface area contributed by atoms with Gasteiger partial charge in [0.15, 0.2) is 5.78 Å². The van der Waals surface area contributed by atoms with Crippen molar-refractivity contribution in [2.75, 3.05) is 5.75 Å². The minimum absolute atomic E-state index is 0.0396. The van der Waals surface area contributed by atoms with Gasteiger partial charge in [-0.05, 0) is 43.7 Å². The van der Waals surface area contributed by atoms with Crippen molar-refractivity contribution in [1.82, 2.24) is 15.3 Å². The molecule has 28 heavy (non-hydrogen) atoms. The Labute approximate surface area is 172 Å². The molecule has 3 aromatic rings. The molecule has 144 valence electrons. The standard InChI is InChI=1S/C21H21N3O2S2/c1-13(25)16(10-14-6-3-2-4-7-14)24-18(26)11-27-20-19-15-8-5-9-17(15)28-21(19)23-12-22-20/h2-4,6-7,12,16H,5,8-11H2,1H3,(H,24,26)/t16-/m1/s1. The summed E-state index contributed by atoms with van der Waals surface area (Å²) in [4.78, 5) is 35.7. The molecular weight excluding hydrogens is 390 g/mol. The zero-order chi connectivity index (χ0) is 19.5. The number of fused-ring (bicyclic) bond motifs is 3. The number of aromatic nitrogens is 2. The van der Waals surface area contributed by atoms with E-state index in [1.54, 1.807) is 17.7 Å². The summed E-state index contributed by atoms with van der Waals surface area (Å²) in [5, 5.41) is 4.86. The normalized spacial score (nSPS) is 14.0. The van der Waals surface area contributed by atoms with Crippen molar-refractivity contribution in [3.05, 3.63) is 52.7 Å². The van der Waals surface area contributed by atoms with E-state index in [2.05, 4.69) is 15.3 Å². The Balaban J connectivity index is 1.43. The van der Waals surface area contributed by atoms with Crippen LogP contribution in [0.5, 0.6) is 0 Å². The van der Waals surface area contributed by atoms with Crippen molar-refractivity contribution in [3.63, 3.8) is 0 Å². The molecule has 0 spiro atoms. The van der Waals surface area contributed by atoms with Gasteiger partial charge >= 0.3 is 0 Å². The van der Waals surface area contributed by atoms with Gasteiger partial charge in [0.2, 0.25) is 5.91 Å². The van der Waals surface area contributed by atoms with E-state index in [1.807, 2.05) is 30.3 Å². The highest BCUT2D eigenvalue weighted by Gasteiger charge is 2.22. The SMILES string of the molecule is CC(=O)[C@@H](Cc1ccccc1)NC(=O)CSc1ncnc2sc3c(c12)CCC3. The van der Waals surface area contributed by atoms with Gasteiger partial charge in [-0.15, -0.1) is 11.3 Å². The van der Waals surface area contributed by atoms with Crippen molar-refractivity contribution in [3.8, 4) is 0 Å². The van der Waals surface area contributed by atoms with E-state index in [0.29, 0.717) is 6.42 Å². The molecule has 2 aromatic heterocycles. The number of thiophene rings is 1. The average Bonchev–Trinajstić information content (AvgIpc) is 3.27. The zero-order valence-electron chi connectivity index (χ0n) is 15.6. The van der Waals surface area contributed by atoms with Crippen LogP contribution in [0, 0.1) is 0 Å². The molecular formula is C21H21N3O2S2. The summed E-state index contributed by atoms with van der Waals surface area (Å²) < 4.78 is 0. The highest BCUT2D eigenvalue weighted by molar-refractivity contribution is 8.00. The molecule has 1 aromatic carbocycles. The number of Topliss-reactive ketones (excluding diaryl/α,β-unsaturated/α-hetero) is 1. The lowest BCUT2D eigenvalue weighted by molar-refractivity contribution is -0.125. The van der Waals surface area contributed by atoms with Gasteiger partial charge < -0.3 is 5.32 Å². The molecule has 1 aliphatic carbocycles. The lowest BCUT2D eigenvalue weighted by Crippen LogP contribution is -2.42. The fourth-order valence-corrected chi connectivity index (χ4v) is 5.66. The number of carbonyl (C=O) groups is 2. The van der Waals surface area contributed by atoms with Gasteiger partial charge in [0.25, 0.3) is 0 Å². The Kier molecular flexibility index (Phi) is 5.73. The molecule has 7 heteroatoms. The Bertz CT molecular complexity index is 1020. The van der Waals surface area contributed by atoms with Gasteiger partial charge in [0.1, 0.15) is 16.2 Å². The number of hydrogen-bond acceptors (Lipinski definition) is 6. The van der Waals surface area contributed by atoms with Crippen LogP contribution in [0.3, 0.4) is 0 Å². The van der Waals surface area contributed by atoms with Gasteiger partial charge in [-0.25, -0.2) is 9.97 Å². The molecule has 4 rings (SSSR count). The van der Waals surface area contributed by atoms with Crippen LogP contribution >= 0.6 is 23.1 Å². The summed E-state index contributed by atoms with van der Waals surface area (Å²) in [6.45, 7) is 1.52.